The van der Waals surface area contributed by atoms with Gasteiger partial charge in [0, 0.05) is 72.6 Å². The number of fused-ring (bicyclic) bond motifs is 4. The van der Waals surface area contributed by atoms with Gasteiger partial charge < -0.3 is 19.9 Å². The quantitative estimate of drug-likeness (QED) is 0.0546. The van der Waals surface area contributed by atoms with Crippen molar-refractivity contribution >= 4 is 176 Å². The minimum atomic E-state index is -0.446. The fourth-order valence-electron chi connectivity index (χ4n) is 17.6. The molecule has 0 radical (unpaired) electrons. The normalized spacial score (nSPS) is 12.7. The Balaban J connectivity index is 0.000000124. The van der Waals surface area contributed by atoms with Crippen LogP contribution in [0.2, 0.25) is 5.15 Å². The fraction of sp³-hybridized carbons (Fsp3) is 0.0952. The van der Waals surface area contributed by atoms with Gasteiger partial charge in [-0.3, -0.25) is 19.4 Å². The Bertz CT molecular complexity index is 6940. The molecule has 0 atom stereocenters. The molecule has 4 N–H and O–H groups in total. The van der Waals surface area contributed by atoms with E-state index in [-0.39, 0.29) is 54.8 Å². The zero-order chi connectivity index (χ0) is 101. The van der Waals surface area contributed by atoms with Crippen LogP contribution in [0, 0.1) is 13.8 Å². The third-order valence-electron chi connectivity index (χ3n) is 25.5. The summed E-state index contributed by atoms with van der Waals surface area (Å²) in [4.78, 5) is 52.4. The van der Waals surface area contributed by atoms with Crippen LogP contribution < -0.4 is 101 Å². The van der Waals surface area contributed by atoms with Gasteiger partial charge in [0.05, 0.1) is 27.7 Å². The molecule has 1 fully saturated rings. The largest absolute Gasteiger partial charge is 0.495 e. The average molecular weight is 2110 g/mol. The number of aromatic amines is 2. The molecule has 18 aromatic carbocycles. The average Bonchev–Trinajstić information content (AvgIpc) is 1.60. The van der Waals surface area contributed by atoms with Gasteiger partial charge in [-0.2, -0.15) is 10.2 Å². The van der Waals surface area contributed by atoms with Gasteiger partial charge in [-0.15, -0.1) is 0 Å². The Morgan fingerprint density at radius 2 is 0.558 bits per heavy atom. The molecule has 14 nitrogen and oxygen atoms in total. The number of aryl methyl sites for hydroxylation is 2. The molecule has 0 bridgehead atoms. The van der Waals surface area contributed by atoms with Crippen LogP contribution in [0.3, 0.4) is 0 Å². The molecule has 5 heterocycles. The van der Waals surface area contributed by atoms with E-state index in [4.69, 9.17) is 20.9 Å². The van der Waals surface area contributed by atoms with Gasteiger partial charge in [-0.25, -0.2) is 19.8 Å². The maximum atomic E-state index is 12.8. The zero-order valence-electron chi connectivity index (χ0n) is 82.5. The third-order valence-corrected chi connectivity index (χ3v) is 35.6. The molecule has 4 amide bonds. The minimum Gasteiger partial charge on any atom is -0.399 e. The second kappa shape index (κ2) is 51.5. The summed E-state index contributed by atoms with van der Waals surface area (Å²) < 4.78 is 12.3. The Morgan fingerprint density at radius 1 is 0.313 bits per heavy atom. The van der Waals surface area contributed by atoms with Crippen LogP contribution in [0.15, 0.2) is 507 Å². The van der Waals surface area contributed by atoms with Gasteiger partial charge in [0.25, 0.3) is 11.1 Å². The summed E-state index contributed by atoms with van der Waals surface area (Å²) in [5.74, 6) is 0. The van der Waals surface area contributed by atoms with E-state index in [9.17, 15) is 19.2 Å². The monoisotopic (exact) mass is 2110 g/mol. The van der Waals surface area contributed by atoms with Crippen molar-refractivity contribution in [1.82, 2.24) is 20.4 Å². The number of halogens is 1. The van der Waals surface area contributed by atoms with E-state index in [0.29, 0.717) is 40.1 Å². The van der Waals surface area contributed by atoms with E-state index in [2.05, 4.69) is 407 Å². The summed E-state index contributed by atoms with van der Waals surface area (Å²) in [6.45, 7) is 13.6. The predicted molar refractivity (Wildman–Crippen MR) is 620 cm³/mol. The molecule has 21 heteroatoms. The van der Waals surface area contributed by atoms with E-state index < -0.39 is 38.8 Å². The van der Waals surface area contributed by atoms with Gasteiger partial charge in [-0.1, -0.05) is 461 Å². The van der Waals surface area contributed by atoms with Gasteiger partial charge in [-0.05, 0) is 226 Å². The van der Waals surface area contributed by atoms with Crippen molar-refractivity contribution in [3.05, 3.63) is 546 Å². The van der Waals surface area contributed by atoms with Crippen LogP contribution in [0.1, 0.15) is 49.9 Å². The summed E-state index contributed by atoms with van der Waals surface area (Å²) in [7, 11) is -2.19. The zero-order valence-corrected chi connectivity index (χ0v) is 88.4. The Kier molecular flexibility index (Phi) is 36.9. The summed E-state index contributed by atoms with van der Waals surface area (Å²) in [5, 5.41) is 38.6. The van der Waals surface area contributed by atoms with Crippen molar-refractivity contribution in [2.24, 2.45) is 0 Å². The molecule has 2 aromatic heterocycles. The van der Waals surface area contributed by atoms with Crippen molar-refractivity contribution in [2.45, 2.75) is 65.6 Å². The van der Waals surface area contributed by atoms with E-state index >= 15 is 0 Å². The van der Waals surface area contributed by atoms with Crippen molar-refractivity contribution in [2.75, 3.05) is 33.5 Å². The molecule has 20 aromatic rings. The standard InChI is InChI=1S/C24H20N4O2.C22H27BN2O3.4C18H15P.C8H5ClN2O.Pd/c1-15-14-17(25-24(30)28-13-12-16-6-2-5-9-21(16)28)10-11-18(15)22-19-7-3-4-8-20(19)23(29)27-26-22;1-15-14-17(10-11-18(15)23-27-21(2,3)22(4,5)28-23)24-20(26)25-13-12-16-8-6-7-9-19(16)25;4*1-4-10-16(11-5-1)19(17-12-6-2-7-13-17)18-14-8-3-9-15-18;9-7-5-3-1-2-4-6(5)8(12)11-10-7;/h2-11,14H,12-13H2,1H3,(H,25,30)(H,27,29);6-11,14H,12-13H2,1-5H3,(H,24,26);4*1-15H;1-4H,(H,11,12);. The molecule has 0 spiro atoms. The molecule has 0 aliphatic carbocycles. The number of benzene rings is 18. The number of carbonyl (C=O) groups is 2. The number of carbonyl (C=O) groups excluding carboxylic acids is 2. The molecule has 3 aliphatic heterocycles. The number of rotatable bonds is 16. The predicted octanol–water partition coefficient (Wildman–Crippen LogP) is 23.7. The number of urea groups is 2. The van der Waals surface area contributed by atoms with Crippen LogP contribution in [0.4, 0.5) is 32.3 Å². The molecular formula is C126H112BClN8O6P4Pd. The third kappa shape index (κ3) is 26.8. The van der Waals surface area contributed by atoms with E-state index in [1.54, 1.807) is 34.1 Å². The maximum absolute atomic E-state index is 12.8. The van der Waals surface area contributed by atoms with Crippen LogP contribution >= 0.6 is 43.3 Å². The number of hydrogen-bond acceptors (Lipinski definition) is 8. The van der Waals surface area contributed by atoms with Crippen molar-refractivity contribution in [1.29, 1.82) is 0 Å². The number of anilines is 4. The molecule has 3 aliphatic rings. The molecule has 0 unspecified atom stereocenters. The van der Waals surface area contributed by atoms with Crippen molar-refractivity contribution < 1.29 is 39.3 Å². The Morgan fingerprint density at radius 3 is 0.844 bits per heavy atom. The molecule has 0 saturated carbocycles. The first-order valence-electron chi connectivity index (χ1n) is 48.7. The maximum Gasteiger partial charge on any atom is 0.495 e. The summed E-state index contributed by atoms with van der Waals surface area (Å²) >= 11 is 5.75. The molecule has 23 rings (SSSR count). The second-order valence-corrected chi connectivity index (χ2v) is 45.1. The minimum absolute atomic E-state index is 0. The van der Waals surface area contributed by atoms with Crippen molar-refractivity contribution in [3.8, 4) is 11.3 Å². The number of aromatic nitrogens is 4. The number of hydrogen-bond donors (Lipinski definition) is 4. The Hall–Kier alpha value is -14.6. The summed E-state index contributed by atoms with van der Waals surface area (Å²) in [5.41, 5.74) is 9.28. The van der Waals surface area contributed by atoms with Crippen LogP contribution in [-0.4, -0.2) is 63.9 Å². The number of nitrogens with zero attached hydrogens (tertiary/aromatic N) is 4. The fourth-order valence-corrected chi connectivity index (χ4v) is 27.0. The van der Waals surface area contributed by atoms with Gasteiger partial charge >= 0.3 is 19.2 Å². The van der Waals surface area contributed by atoms with Crippen LogP contribution in [-0.2, 0) is 42.6 Å². The van der Waals surface area contributed by atoms with Gasteiger partial charge in [0.15, 0.2) is 5.15 Å². The first-order valence-corrected chi connectivity index (χ1v) is 54.4. The number of amides is 4. The summed E-state index contributed by atoms with van der Waals surface area (Å²) in [6.07, 6.45) is 1.76. The van der Waals surface area contributed by atoms with E-state index in [0.717, 1.165) is 63.1 Å². The van der Waals surface area contributed by atoms with Crippen molar-refractivity contribution in [3.63, 3.8) is 0 Å². The second-order valence-electron chi connectivity index (χ2n) is 35.8. The smallest absolute Gasteiger partial charge is 0.399 e. The topological polar surface area (TPSA) is 175 Å². The van der Waals surface area contributed by atoms with Gasteiger partial charge in [0.1, 0.15) is 0 Å². The number of H-pyrrole nitrogens is 2. The van der Waals surface area contributed by atoms with E-state index in [1.165, 1.54) is 74.8 Å². The SMILES string of the molecule is Cc1cc(NC(=O)N2CCc3ccccc32)ccc1-c1n[nH]c(=O)c2ccccc12.Cc1cc(NC(=O)N2CCc3ccccc32)ccc1B1OC(C)(C)C(C)(C)O1.O=c1[nH]nc(Cl)c2ccccc12.[Pd].c1ccc(P(c2ccccc2)c2ccccc2)cc1.c1ccc(P(c2ccccc2)c2ccccc2)cc1.c1ccc(P(c2ccccc2)c2ccccc2)cc1.c1ccc(P(c2ccccc2)c2ccccc2)cc1. The summed E-state index contributed by atoms with van der Waals surface area (Å²) in [6, 6.07) is 171. The molecular weight excluding hydrogens is 2000 g/mol. The van der Waals surface area contributed by atoms with Crippen LogP contribution in [0.5, 0.6) is 0 Å². The molecule has 147 heavy (non-hydrogen) atoms. The van der Waals surface area contributed by atoms with Crippen LogP contribution in [0.25, 0.3) is 32.8 Å². The number of nitrogens with one attached hydrogen (secondary N) is 4. The van der Waals surface area contributed by atoms with Gasteiger partial charge in [0.2, 0.25) is 0 Å². The first kappa shape index (κ1) is 105. The molecule has 1 saturated heterocycles. The van der Waals surface area contributed by atoms with E-state index in [1.807, 2.05) is 139 Å². The molecule has 732 valence electrons. The number of para-hydroxylation sites is 2. The first-order chi connectivity index (χ1) is 71.4. The Labute approximate surface area is 884 Å².